The number of aryl methyl sites for hydroxylation is 2. The number of aromatic nitrogens is 2. The van der Waals surface area contributed by atoms with E-state index in [1.54, 1.807) is 34.1 Å². The highest BCUT2D eigenvalue weighted by Gasteiger charge is 2.25. The van der Waals surface area contributed by atoms with Gasteiger partial charge >= 0.3 is 5.97 Å². The Morgan fingerprint density at radius 2 is 2.14 bits per heavy atom. The third-order valence-corrected chi connectivity index (χ3v) is 3.61. The minimum absolute atomic E-state index is 0.153. The zero-order valence-corrected chi connectivity index (χ0v) is 11.6. The smallest absolute Gasteiger partial charge is 0.335 e. The van der Waals surface area contributed by atoms with Gasteiger partial charge in [0.15, 0.2) is 0 Å². The maximum absolute atomic E-state index is 12.5. The van der Waals surface area contributed by atoms with E-state index in [0.29, 0.717) is 12.2 Å². The number of hydrogen-bond acceptors (Lipinski definition) is 3. The van der Waals surface area contributed by atoms with Gasteiger partial charge in [-0.3, -0.25) is 4.79 Å². The molecule has 0 unspecified atom stereocenters. The van der Waals surface area contributed by atoms with Gasteiger partial charge in [0.2, 0.25) is 0 Å². The van der Waals surface area contributed by atoms with Gasteiger partial charge in [-0.2, -0.15) is 0 Å². The molecule has 0 spiro atoms. The Balaban J connectivity index is 1.97. The molecule has 1 aromatic heterocycles. The number of amides is 1. The molecule has 1 amide bonds. The van der Waals surface area contributed by atoms with E-state index in [0.717, 1.165) is 24.1 Å². The molecule has 6 heteroatoms. The first-order valence-electron chi connectivity index (χ1n) is 6.72. The average Bonchev–Trinajstić information content (AvgIpc) is 2.91. The molecule has 2 aromatic rings. The summed E-state index contributed by atoms with van der Waals surface area (Å²) < 4.78 is 1.73. The highest BCUT2D eigenvalue weighted by molar-refractivity contribution is 6.05. The molecule has 0 aliphatic carbocycles. The second kappa shape index (κ2) is 5.05. The Morgan fingerprint density at radius 1 is 1.33 bits per heavy atom. The summed E-state index contributed by atoms with van der Waals surface area (Å²) in [5, 5.41) is 9.05. The van der Waals surface area contributed by atoms with Crippen LogP contribution in [0.1, 0.15) is 32.8 Å². The lowest BCUT2D eigenvalue weighted by Crippen LogP contribution is -2.35. The number of nitrogens with zero attached hydrogens (tertiary/aromatic N) is 3. The Labute approximate surface area is 121 Å². The summed E-state index contributed by atoms with van der Waals surface area (Å²) in [4.78, 5) is 29.3. The summed E-state index contributed by atoms with van der Waals surface area (Å²) in [5.74, 6) is -1.11. The van der Waals surface area contributed by atoms with Crippen LogP contribution in [0.3, 0.4) is 0 Å². The molecule has 0 saturated heterocycles. The molecule has 21 heavy (non-hydrogen) atoms. The van der Waals surface area contributed by atoms with Crippen molar-refractivity contribution in [1.29, 1.82) is 0 Å². The Kier molecular flexibility index (Phi) is 3.21. The topological polar surface area (TPSA) is 75.4 Å². The third-order valence-electron chi connectivity index (χ3n) is 3.61. The quantitative estimate of drug-likeness (QED) is 0.911. The van der Waals surface area contributed by atoms with Crippen molar-refractivity contribution in [3.63, 3.8) is 0 Å². The van der Waals surface area contributed by atoms with Crippen LogP contribution in [0, 0.1) is 0 Å². The van der Waals surface area contributed by atoms with Crippen molar-refractivity contribution in [3.05, 3.63) is 47.5 Å². The lowest BCUT2D eigenvalue weighted by atomic mass is 9.99. The molecule has 1 N–H and O–H groups in total. The molecule has 0 fully saturated rings. The number of imidazole rings is 1. The molecule has 2 heterocycles. The second-order valence-electron chi connectivity index (χ2n) is 5.13. The van der Waals surface area contributed by atoms with Gasteiger partial charge in [-0.15, -0.1) is 0 Å². The Bertz CT molecular complexity index is 721. The summed E-state index contributed by atoms with van der Waals surface area (Å²) in [6.45, 7) is 0.620. The van der Waals surface area contributed by atoms with Crippen LogP contribution >= 0.6 is 0 Å². The van der Waals surface area contributed by atoms with Crippen LogP contribution in [0.25, 0.3) is 0 Å². The number of anilines is 1. The maximum Gasteiger partial charge on any atom is 0.335 e. The van der Waals surface area contributed by atoms with E-state index in [9.17, 15) is 9.59 Å². The number of hydrogen-bond donors (Lipinski definition) is 1. The highest BCUT2D eigenvalue weighted by Crippen LogP contribution is 2.29. The summed E-state index contributed by atoms with van der Waals surface area (Å²) in [5.41, 5.74) is 2.32. The van der Waals surface area contributed by atoms with E-state index < -0.39 is 5.97 Å². The summed E-state index contributed by atoms with van der Waals surface area (Å²) in [7, 11) is 1.81. The van der Waals surface area contributed by atoms with E-state index in [1.807, 2.05) is 7.05 Å². The fourth-order valence-electron chi connectivity index (χ4n) is 2.60. The van der Waals surface area contributed by atoms with E-state index in [2.05, 4.69) is 4.98 Å². The minimum atomic E-state index is -0.953. The van der Waals surface area contributed by atoms with Crippen molar-refractivity contribution in [2.75, 3.05) is 11.4 Å². The maximum atomic E-state index is 12.5. The van der Waals surface area contributed by atoms with E-state index in [-0.39, 0.29) is 11.5 Å². The summed E-state index contributed by atoms with van der Waals surface area (Å²) in [6.07, 6.45) is 4.87. The minimum Gasteiger partial charge on any atom is -0.478 e. The first kappa shape index (κ1) is 13.4. The van der Waals surface area contributed by atoms with Crippen LogP contribution in [0.5, 0.6) is 0 Å². The molecule has 0 bridgehead atoms. The average molecular weight is 285 g/mol. The molecule has 1 aliphatic heterocycles. The number of carboxylic acid groups (broad SMARTS) is 1. The Morgan fingerprint density at radius 3 is 2.81 bits per heavy atom. The molecule has 108 valence electrons. The van der Waals surface area contributed by atoms with Crippen molar-refractivity contribution < 1.29 is 14.7 Å². The SMILES string of the molecule is Cn1cnc(C(=O)N2CCCc3cc(C(=O)O)ccc32)c1. The zero-order chi connectivity index (χ0) is 15.0. The van der Waals surface area contributed by atoms with Crippen molar-refractivity contribution in [2.45, 2.75) is 12.8 Å². The number of aromatic carboxylic acids is 1. The molecular formula is C15H15N3O3. The second-order valence-corrected chi connectivity index (χ2v) is 5.13. The molecule has 6 nitrogen and oxygen atoms in total. The van der Waals surface area contributed by atoms with Crippen molar-refractivity contribution >= 4 is 17.6 Å². The molecular weight excluding hydrogens is 270 g/mol. The van der Waals surface area contributed by atoms with Crippen LogP contribution in [-0.4, -0.2) is 33.1 Å². The van der Waals surface area contributed by atoms with Gasteiger partial charge in [-0.1, -0.05) is 0 Å². The first-order chi connectivity index (χ1) is 10.1. The van der Waals surface area contributed by atoms with Crippen LogP contribution in [-0.2, 0) is 13.5 Å². The number of benzene rings is 1. The fourth-order valence-corrected chi connectivity index (χ4v) is 2.60. The van der Waals surface area contributed by atoms with Crippen LogP contribution in [0.15, 0.2) is 30.7 Å². The molecule has 0 radical (unpaired) electrons. The highest BCUT2D eigenvalue weighted by atomic mass is 16.4. The summed E-state index contributed by atoms with van der Waals surface area (Å²) in [6, 6.07) is 4.89. The van der Waals surface area contributed by atoms with Gasteiger partial charge < -0.3 is 14.6 Å². The number of rotatable bonds is 2. The fraction of sp³-hybridized carbons (Fsp3) is 0.267. The van der Waals surface area contributed by atoms with E-state index in [4.69, 9.17) is 5.11 Å². The van der Waals surface area contributed by atoms with Gasteiger partial charge in [-0.25, -0.2) is 9.78 Å². The van der Waals surface area contributed by atoms with Crippen molar-refractivity contribution in [3.8, 4) is 0 Å². The molecule has 3 rings (SSSR count). The van der Waals surface area contributed by atoms with E-state index in [1.165, 1.54) is 6.07 Å². The predicted octanol–water partition coefficient (Wildman–Crippen LogP) is 1.71. The van der Waals surface area contributed by atoms with Crippen LogP contribution in [0.2, 0.25) is 0 Å². The molecule has 1 aliphatic rings. The summed E-state index contributed by atoms with van der Waals surface area (Å²) >= 11 is 0. The molecule has 0 saturated carbocycles. The number of fused-ring (bicyclic) bond motifs is 1. The molecule has 0 atom stereocenters. The van der Waals surface area contributed by atoms with Gasteiger partial charge in [0.25, 0.3) is 5.91 Å². The first-order valence-corrected chi connectivity index (χ1v) is 6.72. The zero-order valence-electron chi connectivity index (χ0n) is 11.6. The molecule has 1 aromatic carbocycles. The third kappa shape index (κ3) is 2.40. The lowest BCUT2D eigenvalue weighted by molar-refractivity contribution is 0.0696. The van der Waals surface area contributed by atoms with Gasteiger partial charge in [0.1, 0.15) is 5.69 Å². The van der Waals surface area contributed by atoms with Gasteiger partial charge in [0, 0.05) is 25.5 Å². The lowest BCUT2D eigenvalue weighted by Gasteiger charge is -2.29. The van der Waals surface area contributed by atoms with Crippen molar-refractivity contribution in [1.82, 2.24) is 9.55 Å². The van der Waals surface area contributed by atoms with Gasteiger partial charge in [-0.05, 0) is 36.6 Å². The van der Waals surface area contributed by atoms with Crippen LogP contribution in [0.4, 0.5) is 5.69 Å². The number of carbonyl (C=O) groups is 2. The van der Waals surface area contributed by atoms with E-state index >= 15 is 0 Å². The number of carbonyl (C=O) groups excluding carboxylic acids is 1. The standard InChI is InChI=1S/C15H15N3O3/c1-17-8-12(16-9-17)14(19)18-6-2-3-10-7-11(15(20)21)4-5-13(10)18/h4-5,7-9H,2-3,6H2,1H3,(H,20,21). The normalized spacial score (nSPS) is 13.9. The number of carboxylic acids is 1. The Hall–Kier alpha value is -2.63. The van der Waals surface area contributed by atoms with Crippen molar-refractivity contribution in [2.24, 2.45) is 7.05 Å². The monoisotopic (exact) mass is 285 g/mol. The van der Waals surface area contributed by atoms with Gasteiger partial charge in [0.05, 0.1) is 11.9 Å². The van der Waals surface area contributed by atoms with Crippen LogP contribution < -0.4 is 4.90 Å². The largest absolute Gasteiger partial charge is 0.478 e. The predicted molar refractivity (Wildman–Crippen MR) is 76.6 cm³/mol.